The summed E-state index contributed by atoms with van der Waals surface area (Å²) >= 11 is 1.65. The first-order valence-electron chi connectivity index (χ1n) is 7.06. The predicted molar refractivity (Wildman–Crippen MR) is 91.0 cm³/mol. The zero-order valence-electron chi connectivity index (χ0n) is 12.5. The molecule has 1 amide bonds. The Labute approximate surface area is 138 Å². The fourth-order valence-electron chi connectivity index (χ4n) is 1.88. The van der Waals surface area contributed by atoms with Gasteiger partial charge >= 0.3 is 0 Å². The number of non-ortho nitro benzene ring substituents is 1. The molecule has 0 radical (unpaired) electrons. The van der Waals surface area contributed by atoms with Gasteiger partial charge in [-0.3, -0.25) is 14.9 Å². The highest BCUT2D eigenvalue weighted by Gasteiger charge is 2.17. The zero-order chi connectivity index (χ0) is 16.7. The lowest BCUT2D eigenvalue weighted by molar-refractivity contribution is -0.395. The molecule has 0 unspecified atom stereocenters. The maximum atomic E-state index is 12.1. The second-order valence-electron chi connectivity index (χ2n) is 4.99. The van der Waals surface area contributed by atoms with Gasteiger partial charge in [0.15, 0.2) is 6.04 Å². The minimum absolute atomic E-state index is 0.00686. The van der Waals surface area contributed by atoms with Gasteiger partial charge in [-0.25, -0.2) is 0 Å². The lowest BCUT2D eigenvalue weighted by Crippen LogP contribution is -2.67. The van der Waals surface area contributed by atoms with E-state index in [-0.39, 0.29) is 17.6 Å². The first-order chi connectivity index (χ1) is 11.1. The van der Waals surface area contributed by atoms with E-state index in [0.29, 0.717) is 11.4 Å². The number of thioether (sulfide) groups is 1. The molecule has 0 aliphatic rings. The highest BCUT2D eigenvalue weighted by Crippen LogP contribution is 2.16. The van der Waals surface area contributed by atoms with Crippen molar-refractivity contribution in [1.29, 1.82) is 0 Å². The Morgan fingerprint density at radius 2 is 1.83 bits per heavy atom. The standard InChI is InChI=1S/C16H17N3O3S/c17-15(11-23-10-12-4-2-1-3-5-12)16(20)18-13-6-8-14(9-7-13)19(21)22/h1-9,15H,10-11,17H2,(H,18,20)/p+1/t15-/m0/s1. The third kappa shape index (κ3) is 5.39. The molecule has 0 aliphatic heterocycles. The molecule has 0 saturated carbocycles. The van der Waals surface area contributed by atoms with E-state index in [2.05, 4.69) is 11.1 Å². The largest absolute Gasteiger partial charge is 0.347 e. The van der Waals surface area contributed by atoms with Gasteiger partial charge in [0.05, 0.1) is 10.7 Å². The highest BCUT2D eigenvalue weighted by molar-refractivity contribution is 7.98. The molecule has 2 aromatic carbocycles. The number of hydrogen-bond donors (Lipinski definition) is 2. The molecule has 6 nitrogen and oxygen atoms in total. The molecule has 0 heterocycles. The minimum atomic E-state index is -0.476. The van der Waals surface area contributed by atoms with Crippen LogP contribution in [0.3, 0.4) is 0 Å². The van der Waals surface area contributed by atoms with Gasteiger partial charge in [-0.15, -0.1) is 0 Å². The van der Waals surface area contributed by atoms with E-state index in [0.717, 1.165) is 5.75 Å². The first-order valence-corrected chi connectivity index (χ1v) is 8.22. The fourth-order valence-corrected chi connectivity index (χ4v) is 2.86. The molecule has 7 heteroatoms. The SMILES string of the molecule is [NH3+][C@@H](CSCc1ccccc1)C(=O)Nc1ccc([N+](=O)[O-])cc1. The quantitative estimate of drug-likeness (QED) is 0.599. The van der Waals surface area contributed by atoms with E-state index in [1.807, 2.05) is 30.3 Å². The van der Waals surface area contributed by atoms with Crippen molar-refractivity contribution in [3.63, 3.8) is 0 Å². The van der Waals surface area contributed by atoms with Crippen molar-refractivity contribution in [2.45, 2.75) is 11.8 Å². The first kappa shape index (κ1) is 17.0. The third-order valence-corrected chi connectivity index (χ3v) is 4.32. The smallest absolute Gasteiger partial charge is 0.283 e. The minimum Gasteiger partial charge on any atom is -0.347 e. The molecule has 4 N–H and O–H groups in total. The second-order valence-corrected chi connectivity index (χ2v) is 6.02. The van der Waals surface area contributed by atoms with Crippen molar-refractivity contribution in [3.05, 3.63) is 70.3 Å². The number of hydrogen-bond acceptors (Lipinski definition) is 4. The highest BCUT2D eigenvalue weighted by atomic mass is 32.2. The number of nitro benzene ring substituents is 1. The number of nitro groups is 1. The summed E-state index contributed by atoms with van der Waals surface area (Å²) in [6.45, 7) is 0. The molecule has 0 bridgehead atoms. The van der Waals surface area contributed by atoms with E-state index in [4.69, 9.17) is 0 Å². The van der Waals surface area contributed by atoms with Gasteiger partial charge in [0, 0.05) is 23.6 Å². The van der Waals surface area contributed by atoms with E-state index in [1.165, 1.54) is 29.8 Å². The summed E-state index contributed by atoms with van der Waals surface area (Å²) < 4.78 is 0. The Hall–Kier alpha value is -2.38. The number of nitrogens with zero attached hydrogens (tertiary/aromatic N) is 1. The van der Waals surface area contributed by atoms with E-state index >= 15 is 0 Å². The van der Waals surface area contributed by atoms with Gasteiger partial charge in [0.2, 0.25) is 0 Å². The number of nitrogens with one attached hydrogen (secondary N) is 1. The summed E-state index contributed by atoms with van der Waals surface area (Å²) in [5, 5.41) is 13.3. The number of quaternary nitrogens is 1. The van der Waals surface area contributed by atoms with Crippen LogP contribution in [0.4, 0.5) is 11.4 Å². The Bertz CT molecular complexity index is 662. The molecule has 0 saturated heterocycles. The Balaban J connectivity index is 1.79. The van der Waals surface area contributed by atoms with Gasteiger partial charge in [-0.2, -0.15) is 11.8 Å². The van der Waals surface area contributed by atoms with Crippen LogP contribution in [0.15, 0.2) is 54.6 Å². The van der Waals surface area contributed by atoms with Crippen molar-refractivity contribution in [2.24, 2.45) is 0 Å². The number of carbonyl (C=O) groups is 1. The van der Waals surface area contributed by atoms with Crippen LogP contribution >= 0.6 is 11.8 Å². The molecular weight excluding hydrogens is 314 g/mol. The predicted octanol–water partition coefficient (Wildman–Crippen LogP) is 2.08. The maximum Gasteiger partial charge on any atom is 0.283 e. The van der Waals surface area contributed by atoms with Crippen LogP contribution < -0.4 is 11.1 Å². The lowest BCUT2D eigenvalue weighted by Gasteiger charge is -2.09. The molecule has 120 valence electrons. The second kappa shape index (κ2) is 8.30. The summed E-state index contributed by atoms with van der Waals surface area (Å²) in [6, 6.07) is 15.4. The average Bonchev–Trinajstić information content (AvgIpc) is 2.56. The van der Waals surface area contributed by atoms with Gasteiger partial charge in [0.25, 0.3) is 11.6 Å². The van der Waals surface area contributed by atoms with Gasteiger partial charge in [-0.05, 0) is 17.7 Å². The molecule has 0 spiro atoms. The Morgan fingerprint density at radius 3 is 2.43 bits per heavy atom. The lowest BCUT2D eigenvalue weighted by atomic mass is 10.2. The van der Waals surface area contributed by atoms with Crippen LogP contribution in [0.1, 0.15) is 5.56 Å². The normalized spacial score (nSPS) is 11.7. The molecule has 0 fully saturated rings. The van der Waals surface area contributed by atoms with Crippen molar-refractivity contribution in [1.82, 2.24) is 0 Å². The number of rotatable bonds is 7. The van der Waals surface area contributed by atoms with Crippen LogP contribution in [-0.4, -0.2) is 22.6 Å². The van der Waals surface area contributed by atoms with Crippen molar-refractivity contribution < 1.29 is 15.5 Å². The van der Waals surface area contributed by atoms with Crippen molar-refractivity contribution >= 4 is 29.0 Å². The number of benzene rings is 2. The van der Waals surface area contributed by atoms with Crippen LogP contribution in [0, 0.1) is 10.1 Å². The van der Waals surface area contributed by atoms with Gasteiger partial charge in [-0.1, -0.05) is 30.3 Å². The summed E-state index contributed by atoms with van der Waals surface area (Å²) in [4.78, 5) is 22.2. The monoisotopic (exact) mass is 332 g/mol. The molecule has 0 aromatic heterocycles. The topological polar surface area (TPSA) is 99.9 Å². The maximum absolute atomic E-state index is 12.1. The molecule has 2 rings (SSSR count). The van der Waals surface area contributed by atoms with Crippen molar-refractivity contribution in [2.75, 3.05) is 11.1 Å². The van der Waals surface area contributed by atoms with Crippen LogP contribution in [0.2, 0.25) is 0 Å². The fraction of sp³-hybridized carbons (Fsp3) is 0.188. The zero-order valence-corrected chi connectivity index (χ0v) is 13.3. The van der Waals surface area contributed by atoms with Crippen molar-refractivity contribution in [3.8, 4) is 0 Å². The van der Waals surface area contributed by atoms with E-state index < -0.39 is 4.92 Å². The number of anilines is 1. The Morgan fingerprint density at radius 1 is 1.17 bits per heavy atom. The molecular formula is C16H18N3O3S+. The molecule has 1 atom stereocenters. The number of amides is 1. The van der Waals surface area contributed by atoms with Crippen LogP contribution in [-0.2, 0) is 10.5 Å². The summed E-state index contributed by atoms with van der Waals surface area (Å²) in [5.41, 5.74) is 5.60. The molecule has 0 aliphatic carbocycles. The average molecular weight is 332 g/mol. The number of carbonyl (C=O) groups excluding carboxylic acids is 1. The van der Waals surface area contributed by atoms with Gasteiger partial charge in [0.1, 0.15) is 0 Å². The molecule has 23 heavy (non-hydrogen) atoms. The van der Waals surface area contributed by atoms with Crippen LogP contribution in [0.5, 0.6) is 0 Å². The third-order valence-electron chi connectivity index (χ3n) is 3.15. The van der Waals surface area contributed by atoms with E-state index in [1.54, 1.807) is 11.8 Å². The molecule has 2 aromatic rings. The van der Waals surface area contributed by atoms with E-state index in [9.17, 15) is 14.9 Å². The summed E-state index contributed by atoms with van der Waals surface area (Å²) in [6.07, 6.45) is 0. The van der Waals surface area contributed by atoms with Gasteiger partial charge < -0.3 is 11.1 Å². The summed E-state index contributed by atoms with van der Waals surface area (Å²) in [7, 11) is 0. The Kier molecular flexibility index (Phi) is 6.13. The van der Waals surface area contributed by atoms with Crippen LogP contribution in [0.25, 0.3) is 0 Å². The summed E-state index contributed by atoms with van der Waals surface area (Å²) in [5.74, 6) is 1.24.